The molecule has 6 nitrogen and oxygen atoms in total. The van der Waals surface area contributed by atoms with Crippen molar-refractivity contribution < 1.29 is 14.7 Å². The molecule has 4 rings (SSSR count). The van der Waals surface area contributed by atoms with E-state index >= 15 is 0 Å². The molecule has 1 saturated carbocycles. The lowest BCUT2D eigenvalue weighted by molar-refractivity contribution is -0.132. The monoisotopic (exact) mass is 371 g/mol. The van der Waals surface area contributed by atoms with E-state index in [0.29, 0.717) is 23.9 Å². The summed E-state index contributed by atoms with van der Waals surface area (Å²) < 4.78 is 0. The minimum Gasteiger partial charge on any atom is -0.396 e. The molecule has 3 aliphatic rings. The first kappa shape index (κ1) is 18.3. The van der Waals surface area contributed by atoms with Crippen LogP contribution in [0.2, 0.25) is 0 Å². The maximum atomic E-state index is 12.7. The standard InChI is InChI=1S/C21H29N3O3/c25-15-16-2-1-9-24(14-16)21(27)18-5-7-19(8-6-18)22-10-12-23(13-11-22)20(26)17-3-4-17/h5-8,16-17,25H,1-4,9-15H2. The van der Waals surface area contributed by atoms with E-state index in [-0.39, 0.29) is 18.4 Å². The largest absolute Gasteiger partial charge is 0.396 e. The van der Waals surface area contributed by atoms with Crippen molar-refractivity contribution in [2.24, 2.45) is 11.8 Å². The highest BCUT2D eigenvalue weighted by molar-refractivity contribution is 5.94. The minimum absolute atomic E-state index is 0.0551. The summed E-state index contributed by atoms with van der Waals surface area (Å²) in [7, 11) is 0. The molecule has 1 unspecified atom stereocenters. The molecule has 2 heterocycles. The molecule has 0 aromatic heterocycles. The van der Waals surface area contributed by atoms with Crippen LogP contribution in [0.3, 0.4) is 0 Å². The zero-order valence-electron chi connectivity index (χ0n) is 15.8. The first-order valence-corrected chi connectivity index (χ1v) is 10.2. The van der Waals surface area contributed by atoms with Gasteiger partial charge in [-0.1, -0.05) is 0 Å². The molecule has 146 valence electrons. The third kappa shape index (κ3) is 4.10. The number of hydrogen-bond donors (Lipinski definition) is 1. The summed E-state index contributed by atoms with van der Waals surface area (Å²) in [5, 5.41) is 9.36. The summed E-state index contributed by atoms with van der Waals surface area (Å²) in [6, 6.07) is 7.84. The van der Waals surface area contributed by atoms with Crippen molar-refractivity contribution in [1.29, 1.82) is 0 Å². The maximum absolute atomic E-state index is 12.7. The zero-order chi connectivity index (χ0) is 18.8. The molecule has 0 radical (unpaired) electrons. The normalized spacial score (nSPS) is 23.4. The van der Waals surface area contributed by atoms with Crippen LogP contribution in [0.25, 0.3) is 0 Å². The average molecular weight is 371 g/mol. The predicted molar refractivity (Wildman–Crippen MR) is 104 cm³/mol. The molecule has 0 bridgehead atoms. The Morgan fingerprint density at radius 2 is 1.63 bits per heavy atom. The number of hydrogen-bond acceptors (Lipinski definition) is 4. The Labute approximate surface area is 160 Å². The third-order valence-corrected chi connectivity index (χ3v) is 6.06. The van der Waals surface area contributed by atoms with Crippen molar-refractivity contribution in [3.05, 3.63) is 29.8 Å². The van der Waals surface area contributed by atoms with Gasteiger partial charge in [-0.15, -0.1) is 0 Å². The number of piperazine rings is 1. The molecule has 6 heteroatoms. The molecule has 1 atom stereocenters. The number of aliphatic hydroxyl groups is 1. The Morgan fingerprint density at radius 1 is 0.926 bits per heavy atom. The van der Waals surface area contributed by atoms with Gasteiger partial charge in [-0.3, -0.25) is 9.59 Å². The number of anilines is 1. The van der Waals surface area contributed by atoms with Gasteiger partial charge in [0.1, 0.15) is 0 Å². The van der Waals surface area contributed by atoms with Gasteiger partial charge in [0.25, 0.3) is 5.91 Å². The molecular formula is C21H29N3O3. The first-order chi connectivity index (χ1) is 13.2. The molecular weight excluding hydrogens is 342 g/mol. The van der Waals surface area contributed by atoms with Gasteiger partial charge in [0.2, 0.25) is 5.91 Å². The van der Waals surface area contributed by atoms with Gasteiger partial charge in [0.15, 0.2) is 0 Å². The number of piperidine rings is 1. The van der Waals surface area contributed by atoms with Gasteiger partial charge >= 0.3 is 0 Å². The van der Waals surface area contributed by atoms with Gasteiger partial charge in [-0.2, -0.15) is 0 Å². The second-order valence-electron chi connectivity index (χ2n) is 8.08. The van der Waals surface area contributed by atoms with E-state index in [4.69, 9.17) is 0 Å². The Kier molecular flexibility index (Phi) is 5.34. The van der Waals surface area contributed by atoms with E-state index in [0.717, 1.165) is 64.1 Å². The average Bonchev–Trinajstić information content (AvgIpc) is 3.58. The number of carbonyl (C=O) groups excluding carboxylic acids is 2. The Hall–Kier alpha value is -2.08. The van der Waals surface area contributed by atoms with Crippen molar-refractivity contribution >= 4 is 17.5 Å². The number of nitrogens with zero attached hydrogens (tertiary/aromatic N) is 3. The molecule has 1 aliphatic carbocycles. The third-order valence-electron chi connectivity index (χ3n) is 6.06. The van der Waals surface area contributed by atoms with Crippen molar-refractivity contribution in [2.45, 2.75) is 25.7 Å². The van der Waals surface area contributed by atoms with E-state index in [1.165, 1.54) is 0 Å². The predicted octanol–water partition coefficient (Wildman–Crippen LogP) is 1.59. The quantitative estimate of drug-likeness (QED) is 0.873. The summed E-state index contributed by atoms with van der Waals surface area (Å²) in [5.41, 5.74) is 1.82. The van der Waals surface area contributed by atoms with Crippen LogP contribution in [0.15, 0.2) is 24.3 Å². The number of amides is 2. The van der Waals surface area contributed by atoms with Gasteiger partial charge in [-0.05, 0) is 55.9 Å². The second-order valence-corrected chi connectivity index (χ2v) is 8.08. The topological polar surface area (TPSA) is 64.1 Å². The van der Waals surface area contributed by atoms with Crippen molar-refractivity contribution in [2.75, 3.05) is 50.8 Å². The van der Waals surface area contributed by atoms with Gasteiger partial charge in [0, 0.05) is 63.0 Å². The molecule has 1 aromatic carbocycles. The second kappa shape index (κ2) is 7.89. The summed E-state index contributed by atoms with van der Waals surface area (Å²) >= 11 is 0. The number of aliphatic hydroxyl groups excluding tert-OH is 1. The number of benzene rings is 1. The smallest absolute Gasteiger partial charge is 0.253 e. The van der Waals surface area contributed by atoms with E-state index in [1.54, 1.807) is 0 Å². The minimum atomic E-state index is 0.0551. The fourth-order valence-electron chi connectivity index (χ4n) is 4.17. The highest BCUT2D eigenvalue weighted by atomic mass is 16.3. The summed E-state index contributed by atoms with van der Waals surface area (Å²) in [5.74, 6) is 0.886. The van der Waals surface area contributed by atoms with Crippen LogP contribution in [-0.4, -0.2) is 72.6 Å². The fraction of sp³-hybridized carbons (Fsp3) is 0.619. The van der Waals surface area contributed by atoms with E-state index in [2.05, 4.69) is 4.90 Å². The lowest BCUT2D eigenvalue weighted by Crippen LogP contribution is -2.49. The number of carbonyl (C=O) groups is 2. The molecule has 27 heavy (non-hydrogen) atoms. The van der Waals surface area contributed by atoms with Crippen LogP contribution >= 0.6 is 0 Å². The Balaban J connectivity index is 1.33. The van der Waals surface area contributed by atoms with E-state index in [1.807, 2.05) is 34.1 Å². The lowest BCUT2D eigenvalue weighted by atomic mass is 9.98. The van der Waals surface area contributed by atoms with Gasteiger partial charge in [-0.25, -0.2) is 0 Å². The van der Waals surface area contributed by atoms with Gasteiger partial charge in [0.05, 0.1) is 0 Å². The summed E-state index contributed by atoms with van der Waals surface area (Å²) in [6.07, 6.45) is 4.07. The first-order valence-electron chi connectivity index (χ1n) is 10.2. The molecule has 1 N–H and O–H groups in total. The van der Waals surface area contributed by atoms with Crippen molar-refractivity contribution in [3.8, 4) is 0 Å². The SMILES string of the molecule is O=C(c1ccc(N2CCN(C(=O)C3CC3)CC2)cc1)N1CCCC(CO)C1. The number of likely N-dealkylation sites (tertiary alicyclic amines) is 1. The molecule has 2 amide bonds. The number of rotatable bonds is 4. The molecule has 3 fully saturated rings. The highest BCUT2D eigenvalue weighted by Gasteiger charge is 2.34. The lowest BCUT2D eigenvalue weighted by Gasteiger charge is -2.36. The maximum Gasteiger partial charge on any atom is 0.253 e. The zero-order valence-corrected chi connectivity index (χ0v) is 15.8. The molecule has 2 aliphatic heterocycles. The molecule has 2 saturated heterocycles. The van der Waals surface area contributed by atoms with E-state index in [9.17, 15) is 14.7 Å². The van der Waals surface area contributed by atoms with Crippen LogP contribution in [0.1, 0.15) is 36.0 Å². The van der Waals surface area contributed by atoms with Crippen molar-refractivity contribution in [1.82, 2.24) is 9.80 Å². The molecule has 0 spiro atoms. The van der Waals surface area contributed by atoms with Crippen LogP contribution in [-0.2, 0) is 4.79 Å². The van der Waals surface area contributed by atoms with Gasteiger partial charge < -0.3 is 19.8 Å². The molecule has 1 aromatic rings. The fourth-order valence-corrected chi connectivity index (χ4v) is 4.17. The Morgan fingerprint density at radius 3 is 2.26 bits per heavy atom. The highest BCUT2D eigenvalue weighted by Crippen LogP contribution is 2.31. The van der Waals surface area contributed by atoms with Crippen LogP contribution in [0, 0.1) is 11.8 Å². The van der Waals surface area contributed by atoms with Crippen LogP contribution in [0.4, 0.5) is 5.69 Å². The van der Waals surface area contributed by atoms with Crippen LogP contribution < -0.4 is 4.90 Å². The Bertz CT molecular complexity index is 678. The summed E-state index contributed by atoms with van der Waals surface area (Å²) in [6.45, 7) is 4.82. The van der Waals surface area contributed by atoms with Crippen LogP contribution in [0.5, 0.6) is 0 Å². The summed E-state index contributed by atoms with van der Waals surface area (Å²) in [4.78, 5) is 31.0. The van der Waals surface area contributed by atoms with E-state index < -0.39 is 0 Å². The van der Waals surface area contributed by atoms with Crippen molar-refractivity contribution in [3.63, 3.8) is 0 Å².